The first-order valence-corrected chi connectivity index (χ1v) is 9.04. The van der Waals surface area contributed by atoms with Crippen molar-refractivity contribution in [2.75, 3.05) is 38.2 Å². The number of rotatable bonds is 5. The van der Waals surface area contributed by atoms with Gasteiger partial charge in [-0.1, -0.05) is 17.7 Å². The minimum atomic E-state index is -0.528. The van der Waals surface area contributed by atoms with Crippen molar-refractivity contribution in [3.63, 3.8) is 0 Å². The van der Waals surface area contributed by atoms with Gasteiger partial charge in [0.1, 0.15) is 11.5 Å². The van der Waals surface area contributed by atoms with Crippen LogP contribution in [0.2, 0.25) is 5.02 Å². The Kier molecular flexibility index (Phi) is 5.89. The van der Waals surface area contributed by atoms with Crippen molar-refractivity contribution in [3.05, 3.63) is 53.6 Å². The highest BCUT2D eigenvalue weighted by molar-refractivity contribution is 6.30. The Balaban J connectivity index is 1.55. The molecular formula is C20H23ClN2O3. The van der Waals surface area contributed by atoms with Crippen LogP contribution >= 0.6 is 11.6 Å². The fraction of sp³-hybridized carbons (Fsp3) is 0.350. The molecular weight excluding hydrogens is 352 g/mol. The van der Waals surface area contributed by atoms with Crippen LogP contribution in [0.25, 0.3) is 0 Å². The third kappa shape index (κ3) is 4.41. The van der Waals surface area contributed by atoms with Crippen molar-refractivity contribution in [1.82, 2.24) is 4.90 Å². The van der Waals surface area contributed by atoms with Crippen LogP contribution in [0, 0.1) is 0 Å². The molecule has 6 heteroatoms. The largest absolute Gasteiger partial charge is 0.497 e. The van der Waals surface area contributed by atoms with Crippen LogP contribution in [-0.4, -0.2) is 50.2 Å². The Hall–Kier alpha value is -2.40. The Morgan fingerprint density at radius 3 is 2.38 bits per heavy atom. The van der Waals surface area contributed by atoms with E-state index in [1.165, 1.54) is 0 Å². The zero-order valence-electron chi connectivity index (χ0n) is 15.0. The number of piperazine rings is 1. The van der Waals surface area contributed by atoms with Gasteiger partial charge in [0.15, 0.2) is 6.10 Å². The van der Waals surface area contributed by atoms with Crippen molar-refractivity contribution >= 4 is 23.2 Å². The molecule has 0 unspecified atom stereocenters. The van der Waals surface area contributed by atoms with Crippen LogP contribution in [0.3, 0.4) is 0 Å². The number of benzene rings is 2. The van der Waals surface area contributed by atoms with Crippen LogP contribution in [0.1, 0.15) is 6.92 Å². The number of ether oxygens (including phenoxy) is 2. The quantitative estimate of drug-likeness (QED) is 0.803. The molecule has 1 aliphatic heterocycles. The number of halogens is 1. The van der Waals surface area contributed by atoms with E-state index in [1.54, 1.807) is 38.3 Å². The van der Waals surface area contributed by atoms with Gasteiger partial charge in [-0.25, -0.2) is 0 Å². The Morgan fingerprint density at radius 1 is 1.04 bits per heavy atom. The number of anilines is 1. The van der Waals surface area contributed by atoms with E-state index in [-0.39, 0.29) is 5.91 Å². The molecule has 1 heterocycles. The first-order valence-electron chi connectivity index (χ1n) is 8.67. The summed E-state index contributed by atoms with van der Waals surface area (Å²) in [4.78, 5) is 16.8. The normalized spacial score (nSPS) is 15.5. The lowest BCUT2D eigenvalue weighted by Crippen LogP contribution is -2.52. The average Bonchev–Trinajstić information content (AvgIpc) is 2.69. The number of carbonyl (C=O) groups is 1. The van der Waals surface area contributed by atoms with Gasteiger partial charge in [-0.3, -0.25) is 4.79 Å². The van der Waals surface area contributed by atoms with Gasteiger partial charge in [0.2, 0.25) is 0 Å². The van der Waals surface area contributed by atoms with Gasteiger partial charge in [-0.05, 0) is 43.3 Å². The molecule has 1 amide bonds. The lowest BCUT2D eigenvalue weighted by Gasteiger charge is -2.37. The van der Waals surface area contributed by atoms with Crippen LogP contribution < -0.4 is 14.4 Å². The minimum Gasteiger partial charge on any atom is -0.497 e. The maximum absolute atomic E-state index is 12.6. The second kappa shape index (κ2) is 8.32. The first kappa shape index (κ1) is 18.4. The van der Waals surface area contributed by atoms with E-state index in [0.717, 1.165) is 24.5 Å². The Labute approximate surface area is 159 Å². The molecule has 2 aromatic rings. The van der Waals surface area contributed by atoms with E-state index >= 15 is 0 Å². The van der Waals surface area contributed by atoms with Crippen LogP contribution in [0.4, 0.5) is 5.69 Å². The van der Waals surface area contributed by atoms with Crippen LogP contribution in [0.5, 0.6) is 11.5 Å². The average molecular weight is 375 g/mol. The summed E-state index contributed by atoms with van der Waals surface area (Å²) in [5, 5.41) is 0.644. The number of carbonyl (C=O) groups excluding carboxylic acids is 1. The first-order chi connectivity index (χ1) is 12.6. The van der Waals surface area contributed by atoms with Gasteiger partial charge in [-0.2, -0.15) is 0 Å². The van der Waals surface area contributed by atoms with Crippen LogP contribution in [0.15, 0.2) is 48.5 Å². The molecule has 0 aromatic heterocycles. The second-order valence-corrected chi connectivity index (χ2v) is 6.66. The fourth-order valence-electron chi connectivity index (χ4n) is 3.02. The summed E-state index contributed by atoms with van der Waals surface area (Å²) in [6.45, 7) is 4.69. The molecule has 26 heavy (non-hydrogen) atoms. The van der Waals surface area contributed by atoms with E-state index in [9.17, 15) is 4.79 Å². The minimum absolute atomic E-state index is 0.00485. The third-order valence-corrected chi connectivity index (χ3v) is 4.74. The molecule has 0 saturated carbocycles. The van der Waals surface area contributed by atoms with E-state index < -0.39 is 6.10 Å². The van der Waals surface area contributed by atoms with Gasteiger partial charge >= 0.3 is 0 Å². The van der Waals surface area contributed by atoms with Crippen molar-refractivity contribution in [1.29, 1.82) is 0 Å². The monoisotopic (exact) mass is 374 g/mol. The predicted octanol–water partition coefficient (Wildman–Crippen LogP) is 3.46. The number of hydrogen-bond acceptors (Lipinski definition) is 4. The topological polar surface area (TPSA) is 42.0 Å². The summed E-state index contributed by atoms with van der Waals surface area (Å²) in [7, 11) is 1.66. The number of nitrogens with zero attached hydrogens (tertiary/aromatic N) is 2. The van der Waals surface area contributed by atoms with Crippen molar-refractivity contribution in [3.8, 4) is 11.5 Å². The summed E-state index contributed by atoms with van der Waals surface area (Å²) in [6.07, 6.45) is -0.528. The number of methoxy groups -OCH3 is 1. The zero-order chi connectivity index (χ0) is 18.5. The van der Waals surface area contributed by atoms with Gasteiger partial charge in [0.05, 0.1) is 7.11 Å². The lowest BCUT2D eigenvalue weighted by molar-refractivity contribution is -0.138. The Bertz CT molecular complexity index is 743. The highest BCUT2D eigenvalue weighted by Gasteiger charge is 2.26. The molecule has 0 radical (unpaired) electrons. The standard InChI is InChI=1S/C20H23ClN2O3/c1-15(26-18-8-6-16(21)7-9-18)20(24)23-12-10-22(11-13-23)17-4-3-5-19(14-17)25-2/h3-9,14-15H,10-13H2,1-2H3/t15-/m1/s1. The molecule has 1 aliphatic rings. The van der Waals surface area contributed by atoms with Crippen molar-refractivity contribution < 1.29 is 14.3 Å². The molecule has 0 aliphatic carbocycles. The van der Waals surface area contributed by atoms with Gasteiger partial charge < -0.3 is 19.3 Å². The summed E-state index contributed by atoms with van der Waals surface area (Å²) in [6, 6.07) is 15.0. The molecule has 0 bridgehead atoms. The molecule has 5 nitrogen and oxygen atoms in total. The highest BCUT2D eigenvalue weighted by Crippen LogP contribution is 2.23. The second-order valence-electron chi connectivity index (χ2n) is 6.23. The fourth-order valence-corrected chi connectivity index (χ4v) is 3.14. The van der Waals surface area contributed by atoms with E-state index in [1.807, 2.05) is 23.1 Å². The van der Waals surface area contributed by atoms with Crippen molar-refractivity contribution in [2.45, 2.75) is 13.0 Å². The Morgan fingerprint density at radius 2 is 1.73 bits per heavy atom. The molecule has 0 spiro atoms. The number of hydrogen-bond donors (Lipinski definition) is 0. The smallest absolute Gasteiger partial charge is 0.263 e. The molecule has 138 valence electrons. The van der Waals surface area contributed by atoms with Crippen molar-refractivity contribution in [2.24, 2.45) is 0 Å². The van der Waals surface area contributed by atoms with Gasteiger partial charge in [0.25, 0.3) is 5.91 Å². The zero-order valence-corrected chi connectivity index (χ0v) is 15.8. The van der Waals surface area contributed by atoms with Gasteiger partial charge in [-0.15, -0.1) is 0 Å². The van der Waals surface area contributed by atoms with Crippen LogP contribution in [-0.2, 0) is 4.79 Å². The highest BCUT2D eigenvalue weighted by atomic mass is 35.5. The molecule has 1 saturated heterocycles. The molecule has 0 N–H and O–H groups in total. The van der Waals surface area contributed by atoms with E-state index in [4.69, 9.17) is 21.1 Å². The van der Waals surface area contributed by atoms with E-state index in [0.29, 0.717) is 23.9 Å². The third-order valence-electron chi connectivity index (χ3n) is 4.48. The predicted molar refractivity (Wildman–Crippen MR) is 103 cm³/mol. The summed E-state index contributed by atoms with van der Waals surface area (Å²) in [5.41, 5.74) is 1.11. The van der Waals surface area contributed by atoms with E-state index in [2.05, 4.69) is 11.0 Å². The molecule has 2 aromatic carbocycles. The summed E-state index contributed by atoms with van der Waals surface area (Å²) >= 11 is 5.87. The molecule has 1 atom stereocenters. The lowest BCUT2D eigenvalue weighted by atomic mass is 10.2. The molecule has 3 rings (SSSR count). The summed E-state index contributed by atoms with van der Waals surface area (Å²) in [5.74, 6) is 1.49. The maximum Gasteiger partial charge on any atom is 0.263 e. The summed E-state index contributed by atoms with van der Waals surface area (Å²) < 4.78 is 11.0. The maximum atomic E-state index is 12.6. The molecule has 1 fully saturated rings. The SMILES string of the molecule is COc1cccc(N2CCN(C(=O)[C@@H](C)Oc3ccc(Cl)cc3)CC2)c1. The number of amides is 1. The van der Waals surface area contributed by atoms with Gasteiger partial charge in [0, 0.05) is 43.0 Å².